The molecule has 0 unspecified atom stereocenters. The summed E-state index contributed by atoms with van der Waals surface area (Å²) in [7, 11) is 0. The lowest BCUT2D eigenvalue weighted by Gasteiger charge is -2.39. The van der Waals surface area contributed by atoms with E-state index in [-0.39, 0.29) is 32.0 Å². The van der Waals surface area contributed by atoms with Gasteiger partial charge in [0.15, 0.2) is 5.78 Å². The highest BCUT2D eigenvalue weighted by molar-refractivity contribution is 6.33. The molecule has 0 bridgehead atoms. The van der Waals surface area contributed by atoms with E-state index in [4.69, 9.17) is 0 Å². The topological polar surface area (TPSA) is 74.9 Å². The summed E-state index contributed by atoms with van der Waals surface area (Å²) in [5.74, 6) is -8.24. The number of alkyl halides is 4. The first kappa shape index (κ1) is 25.5. The number of nitrogens with one attached hydrogen (secondary N) is 1. The lowest BCUT2D eigenvalue weighted by molar-refractivity contribution is -0.162. The minimum atomic E-state index is -3.72. The van der Waals surface area contributed by atoms with Gasteiger partial charge in [0.05, 0.1) is 54.7 Å². The van der Waals surface area contributed by atoms with Crippen LogP contribution in [0.15, 0.2) is 48.9 Å². The first-order valence-electron chi connectivity index (χ1n) is 13.0. The second-order valence-corrected chi connectivity index (χ2v) is 10.7. The maximum atomic E-state index is 15.0. The van der Waals surface area contributed by atoms with Crippen LogP contribution in [0.25, 0.3) is 27.8 Å². The number of amides is 2. The molecule has 0 saturated carbocycles. The monoisotopic (exact) mass is 570 g/mol. The lowest BCUT2D eigenvalue weighted by Crippen LogP contribution is -2.57. The number of pyridine rings is 1. The van der Waals surface area contributed by atoms with Gasteiger partial charge in [-0.05, 0) is 29.8 Å². The van der Waals surface area contributed by atoms with Gasteiger partial charge in [-0.2, -0.15) is 0 Å². The third kappa shape index (κ3) is 4.21. The molecule has 212 valence electrons. The summed E-state index contributed by atoms with van der Waals surface area (Å²) in [6.07, 6.45) is 3.59. The molecule has 1 saturated heterocycles. The van der Waals surface area contributed by atoms with Crippen molar-refractivity contribution in [1.82, 2.24) is 29.1 Å². The van der Waals surface area contributed by atoms with Crippen molar-refractivity contribution in [2.24, 2.45) is 0 Å². The average molecular weight is 571 g/mol. The van der Waals surface area contributed by atoms with Crippen LogP contribution in [-0.2, 0) is 17.9 Å². The molecule has 7 rings (SSSR count). The fourth-order valence-corrected chi connectivity index (χ4v) is 6.21. The highest BCUT2D eigenvalue weighted by atomic mass is 19.3. The van der Waals surface area contributed by atoms with E-state index in [1.165, 1.54) is 17.0 Å². The van der Waals surface area contributed by atoms with E-state index in [0.717, 1.165) is 0 Å². The molecule has 13 heteroatoms. The number of hydrogen-bond acceptors (Lipinski definition) is 4. The summed E-state index contributed by atoms with van der Waals surface area (Å²) < 4.78 is 74.7. The Hall–Kier alpha value is -4.42. The first-order chi connectivity index (χ1) is 19.5. The van der Waals surface area contributed by atoms with Crippen molar-refractivity contribution in [3.63, 3.8) is 0 Å². The van der Waals surface area contributed by atoms with Gasteiger partial charge in [-0.15, -0.1) is 0 Å². The molecule has 8 nitrogen and oxygen atoms in total. The highest BCUT2D eigenvalue weighted by Crippen LogP contribution is 2.39. The molecule has 4 aromatic rings. The van der Waals surface area contributed by atoms with Crippen molar-refractivity contribution in [2.75, 3.05) is 26.2 Å². The van der Waals surface area contributed by atoms with Crippen LogP contribution in [0.5, 0.6) is 0 Å². The number of rotatable bonds is 2. The summed E-state index contributed by atoms with van der Waals surface area (Å²) in [5, 5.41) is 3.60. The number of ketones is 1. The molecule has 3 aliphatic heterocycles. The molecule has 0 aliphatic carbocycles. The molecule has 0 atom stereocenters. The summed E-state index contributed by atoms with van der Waals surface area (Å²) in [6, 6.07) is 7.12. The van der Waals surface area contributed by atoms with Crippen LogP contribution in [0.4, 0.5) is 26.7 Å². The lowest BCUT2D eigenvalue weighted by atomic mass is 9.99. The number of carbonyl (C=O) groups is 2. The van der Waals surface area contributed by atoms with E-state index in [1.807, 2.05) is 28.8 Å². The van der Waals surface area contributed by atoms with Gasteiger partial charge in [0.1, 0.15) is 11.5 Å². The van der Waals surface area contributed by atoms with Gasteiger partial charge in [-0.3, -0.25) is 9.20 Å². The fraction of sp³-hybridized carbons (Fsp3) is 0.321. The normalized spacial score (nSPS) is 20.2. The van der Waals surface area contributed by atoms with E-state index in [0.29, 0.717) is 49.5 Å². The largest absolute Gasteiger partial charge is 0.375 e. The van der Waals surface area contributed by atoms with Gasteiger partial charge in [-0.25, -0.2) is 31.7 Å². The molecular formula is C28H23F5N6O2. The Balaban J connectivity index is 1.30. The second-order valence-electron chi connectivity index (χ2n) is 10.7. The van der Waals surface area contributed by atoms with Crippen LogP contribution in [-0.4, -0.2) is 73.6 Å². The Morgan fingerprint density at radius 1 is 1.02 bits per heavy atom. The molecule has 3 aliphatic rings. The van der Waals surface area contributed by atoms with E-state index in [9.17, 15) is 27.2 Å². The number of carbonyl (C=O) groups excluding carboxylic acids is 2. The number of piperidine rings is 1. The number of Topliss-reactive ketones (excluding diaryl/α,β-unsaturated/α-hetero) is 1. The minimum absolute atomic E-state index is 0.0113. The van der Waals surface area contributed by atoms with Crippen LogP contribution in [0, 0.1) is 5.82 Å². The summed E-state index contributed by atoms with van der Waals surface area (Å²) >= 11 is 0. The van der Waals surface area contributed by atoms with Crippen molar-refractivity contribution in [2.45, 2.75) is 31.4 Å². The molecule has 1 N–H and O–H groups in total. The van der Waals surface area contributed by atoms with Crippen molar-refractivity contribution in [3.8, 4) is 0 Å². The molecule has 6 heterocycles. The van der Waals surface area contributed by atoms with Gasteiger partial charge >= 0.3 is 6.03 Å². The van der Waals surface area contributed by atoms with Crippen molar-refractivity contribution < 1.29 is 31.5 Å². The van der Waals surface area contributed by atoms with Crippen LogP contribution >= 0.6 is 0 Å². The summed E-state index contributed by atoms with van der Waals surface area (Å²) in [6.45, 7) is -2.15. The predicted octanol–water partition coefficient (Wildman–Crippen LogP) is 4.38. The molecule has 0 spiro atoms. The van der Waals surface area contributed by atoms with E-state index in [2.05, 4.69) is 10.3 Å². The van der Waals surface area contributed by atoms with E-state index in [1.54, 1.807) is 17.0 Å². The Bertz CT molecular complexity index is 1780. The number of fused-ring (bicyclic) bond motifs is 1. The number of hydrogen-bond donors (Lipinski definition) is 1. The Morgan fingerprint density at radius 2 is 1.80 bits per heavy atom. The molecule has 3 aromatic heterocycles. The standard InChI is InChI=1S/C28H23F5N6O2/c29-17-7-16-11-37(26(41)38-14-27(30,31)13-28(32,33)15-38)6-5-36-12-19(18(8-17)25(16)36)23-21(40)10-35-24(23)20-9-34-22-3-1-2-4-39(20)22/h1-4,7-9,12,35H,5-6,10-11,13-15H2. The second kappa shape index (κ2) is 8.79. The number of likely N-dealkylation sites (tertiary alicyclic amines) is 1. The molecule has 0 radical (unpaired) electrons. The van der Waals surface area contributed by atoms with Gasteiger partial charge in [-0.1, -0.05) is 6.07 Å². The van der Waals surface area contributed by atoms with Gasteiger partial charge < -0.3 is 19.7 Å². The molecular weight excluding hydrogens is 547 g/mol. The smallest absolute Gasteiger partial charge is 0.320 e. The van der Waals surface area contributed by atoms with E-state index >= 15 is 4.39 Å². The maximum Gasteiger partial charge on any atom is 0.320 e. The number of urea groups is 1. The third-order valence-corrected chi connectivity index (χ3v) is 7.79. The zero-order valence-electron chi connectivity index (χ0n) is 21.5. The van der Waals surface area contributed by atoms with Crippen molar-refractivity contribution in [1.29, 1.82) is 0 Å². The summed E-state index contributed by atoms with van der Waals surface area (Å²) in [4.78, 5) is 32.4. The predicted molar refractivity (Wildman–Crippen MR) is 139 cm³/mol. The highest BCUT2D eigenvalue weighted by Gasteiger charge is 2.52. The quantitative estimate of drug-likeness (QED) is 0.363. The molecule has 1 aromatic carbocycles. The van der Waals surface area contributed by atoms with Crippen LogP contribution in [0.3, 0.4) is 0 Å². The fourth-order valence-electron chi connectivity index (χ4n) is 6.21. The SMILES string of the molecule is O=C1CNC(c2cnc3ccccn23)=C1c1cn2c3c(cc(F)cc13)CN(C(=O)N1CC(F)(F)CC(F)(F)C1)CC2. The van der Waals surface area contributed by atoms with Crippen molar-refractivity contribution >= 4 is 39.6 Å². The number of benzene rings is 1. The Labute approximate surface area is 229 Å². The van der Waals surface area contributed by atoms with Crippen molar-refractivity contribution in [3.05, 3.63) is 71.6 Å². The van der Waals surface area contributed by atoms with Crippen LogP contribution < -0.4 is 5.32 Å². The number of imidazole rings is 1. The minimum Gasteiger partial charge on any atom is -0.375 e. The Kier molecular flexibility index (Phi) is 5.47. The van der Waals surface area contributed by atoms with Gasteiger partial charge in [0.25, 0.3) is 11.8 Å². The number of halogens is 5. The van der Waals surface area contributed by atoms with Crippen LogP contribution in [0.2, 0.25) is 0 Å². The summed E-state index contributed by atoms with van der Waals surface area (Å²) in [5.41, 5.74) is 3.75. The third-order valence-electron chi connectivity index (χ3n) is 7.79. The first-order valence-corrected chi connectivity index (χ1v) is 13.0. The molecule has 1 fully saturated rings. The van der Waals surface area contributed by atoms with Gasteiger partial charge in [0.2, 0.25) is 0 Å². The average Bonchev–Trinajstić information content (AvgIpc) is 3.55. The maximum absolute atomic E-state index is 15.0. The van der Waals surface area contributed by atoms with Gasteiger partial charge in [0, 0.05) is 43.0 Å². The number of aromatic nitrogens is 3. The Morgan fingerprint density at radius 3 is 2.59 bits per heavy atom. The molecule has 41 heavy (non-hydrogen) atoms. The molecule has 2 amide bonds. The van der Waals surface area contributed by atoms with E-state index < -0.39 is 43.2 Å². The zero-order valence-corrected chi connectivity index (χ0v) is 21.5. The van der Waals surface area contributed by atoms with Crippen LogP contribution in [0.1, 0.15) is 23.2 Å². The zero-order chi connectivity index (χ0) is 28.7. The number of nitrogens with zero attached hydrogens (tertiary/aromatic N) is 5.